The SMILES string of the molecule is CC(C)(S)C(C)(C)OBc1ccc(-c2ccc(OCCOCCOCCOCCOCCOCc3ccccc3)nc2)c(F)c1F. The highest BCUT2D eigenvalue weighted by molar-refractivity contribution is 7.81. The molecular weight excluding hydrogens is 615 g/mol. The molecule has 46 heavy (non-hydrogen) atoms. The van der Waals surface area contributed by atoms with Crippen molar-refractivity contribution in [1.29, 1.82) is 0 Å². The number of benzene rings is 2. The standard InChI is InChI=1S/C34H46BF2NO7S/c1-33(2,34(3,4)46)45-35-29-12-11-28(31(36)32(29)37)27-10-13-30(38-24-27)44-23-22-42-19-18-40-15-14-39-16-17-41-20-21-43-25-26-8-6-5-7-9-26/h5-13,24,35,46H,14-23,25H2,1-4H3. The van der Waals surface area contributed by atoms with Crippen molar-refractivity contribution in [3.8, 4) is 17.0 Å². The summed E-state index contributed by atoms with van der Waals surface area (Å²) in [6.45, 7) is 12.6. The van der Waals surface area contributed by atoms with E-state index in [-0.39, 0.29) is 25.1 Å². The van der Waals surface area contributed by atoms with Crippen LogP contribution in [0, 0.1) is 11.6 Å². The van der Waals surface area contributed by atoms with Gasteiger partial charge in [0.15, 0.2) is 11.6 Å². The van der Waals surface area contributed by atoms with Crippen LogP contribution in [-0.4, -0.2) is 88.9 Å². The zero-order chi connectivity index (χ0) is 33.3. The third-order valence-corrected chi connectivity index (χ3v) is 7.89. The number of halogens is 2. The number of nitrogens with zero attached hydrogens (tertiary/aromatic N) is 1. The molecule has 0 aliphatic heterocycles. The Morgan fingerprint density at radius 1 is 0.674 bits per heavy atom. The summed E-state index contributed by atoms with van der Waals surface area (Å²) >= 11 is 4.54. The second kappa shape index (κ2) is 19.9. The fourth-order valence-electron chi connectivity index (χ4n) is 3.83. The molecule has 0 spiro atoms. The van der Waals surface area contributed by atoms with Crippen molar-refractivity contribution in [2.45, 2.75) is 44.6 Å². The Hall–Kier alpha value is -2.58. The van der Waals surface area contributed by atoms with E-state index in [0.29, 0.717) is 77.5 Å². The first-order valence-electron chi connectivity index (χ1n) is 15.4. The third kappa shape index (κ3) is 13.3. The molecule has 0 aliphatic carbocycles. The van der Waals surface area contributed by atoms with Crippen molar-refractivity contribution in [2.75, 3.05) is 66.1 Å². The van der Waals surface area contributed by atoms with Crippen molar-refractivity contribution in [1.82, 2.24) is 4.98 Å². The fourth-order valence-corrected chi connectivity index (χ4v) is 3.90. The van der Waals surface area contributed by atoms with Crippen LogP contribution in [0.1, 0.15) is 33.3 Å². The predicted octanol–water partition coefficient (Wildman–Crippen LogP) is 5.17. The van der Waals surface area contributed by atoms with Crippen LogP contribution >= 0.6 is 12.6 Å². The minimum absolute atomic E-state index is 0.0724. The molecule has 0 aliphatic rings. The van der Waals surface area contributed by atoms with E-state index in [1.54, 1.807) is 12.1 Å². The minimum Gasteiger partial charge on any atom is -0.475 e. The molecule has 0 amide bonds. The van der Waals surface area contributed by atoms with Gasteiger partial charge in [0, 0.05) is 28.1 Å². The van der Waals surface area contributed by atoms with Gasteiger partial charge in [-0.05, 0) is 44.8 Å². The normalized spacial score (nSPS) is 12.0. The molecule has 0 saturated heterocycles. The molecule has 12 heteroatoms. The van der Waals surface area contributed by atoms with Crippen LogP contribution < -0.4 is 10.2 Å². The maximum absolute atomic E-state index is 14.9. The molecule has 1 aromatic heterocycles. The molecule has 0 unspecified atom stereocenters. The Labute approximate surface area is 277 Å². The van der Waals surface area contributed by atoms with Crippen LogP contribution in [-0.2, 0) is 34.9 Å². The Kier molecular flexibility index (Phi) is 16.4. The summed E-state index contributed by atoms with van der Waals surface area (Å²) in [7, 11) is -0.0724. The second-order valence-electron chi connectivity index (χ2n) is 11.5. The lowest BCUT2D eigenvalue weighted by Crippen LogP contribution is -2.46. The number of pyridine rings is 1. The van der Waals surface area contributed by atoms with Gasteiger partial charge < -0.3 is 33.1 Å². The van der Waals surface area contributed by atoms with Crippen LogP contribution in [0.5, 0.6) is 5.88 Å². The molecule has 0 bridgehead atoms. The number of hydrogen-bond donors (Lipinski definition) is 1. The molecule has 0 fully saturated rings. The van der Waals surface area contributed by atoms with Crippen LogP contribution in [0.3, 0.4) is 0 Å². The summed E-state index contributed by atoms with van der Waals surface area (Å²) < 4.78 is 68.2. The van der Waals surface area contributed by atoms with Gasteiger partial charge in [0.05, 0.1) is 71.7 Å². The lowest BCUT2D eigenvalue weighted by molar-refractivity contribution is -0.0140. The van der Waals surface area contributed by atoms with E-state index in [4.69, 9.17) is 33.1 Å². The topological polar surface area (TPSA) is 77.5 Å². The van der Waals surface area contributed by atoms with E-state index in [1.165, 1.54) is 18.3 Å². The predicted molar refractivity (Wildman–Crippen MR) is 179 cm³/mol. The maximum atomic E-state index is 14.9. The minimum atomic E-state index is -0.952. The quantitative estimate of drug-likeness (QED) is 0.0849. The third-order valence-electron chi connectivity index (χ3n) is 7.35. The largest absolute Gasteiger partial charge is 0.475 e. The van der Waals surface area contributed by atoms with Gasteiger partial charge >= 0.3 is 7.48 Å². The molecule has 0 radical (unpaired) electrons. The van der Waals surface area contributed by atoms with Crippen LogP contribution in [0.25, 0.3) is 11.1 Å². The van der Waals surface area contributed by atoms with Gasteiger partial charge in [-0.1, -0.05) is 42.5 Å². The van der Waals surface area contributed by atoms with E-state index >= 15 is 0 Å². The molecule has 1 heterocycles. The van der Waals surface area contributed by atoms with Crippen molar-refractivity contribution >= 4 is 25.6 Å². The average Bonchev–Trinajstić information content (AvgIpc) is 3.03. The summed E-state index contributed by atoms with van der Waals surface area (Å²) in [5.74, 6) is -1.54. The first-order valence-corrected chi connectivity index (χ1v) is 15.9. The second-order valence-corrected chi connectivity index (χ2v) is 12.6. The van der Waals surface area contributed by atoms with Crippen molar-refractivity contribution in [3.63, 3.8) is 0 Å². The number of thiol groups is 1. The first-order chi connectivity index (χ1) is 22.1. The molecule has 8 nitrogen and oxygen atoms in total. The van der Waals surface area contributed by atoms with Crippen molar-refractivity contribution in [3.05, 3.63) is 78.0 Å². The zero-order valence-electron chi connectivity index (χ0n) is 27.3. The van der Waals surface area contributed by atoms with E-state index < -0.39 is 22.0 Å². The first kappa shape index (κ1) is 37.9. The lowest BCUT2D eigenvalue weighted by atomic mass is 9.82. The van der Waals surface area contributed by atoms with Gasteiger partial charge in [0.25, 0.3) is 0 Å². The molecular formula is C34H46BF2NO7S. The Morgan fingerprint density at radius 2 is 1.24 bits per heavy atom. The molecule has 0 saturated carbocycles. The number of aromatic nitrogens is 1. The molecule has 252 valence electrons. The van der Waals surface area contributed by atoms with Crippen LogP contribution in [0.15, 0.2) is 60.8 Å². The Balaban J connectivity index is 1.19. The molecule has 3 rings (SSSR count). The summed E-state index contributed by atoms with van der Waals surface area (Å²) in [4.78, 5) is 4.21. The fraction of sp³-hybridized carbons (Fsp3) is 0.500. The van der Waals surface area contributed by atoms with Crippen molar-refractivity contribution in [2.24, 2.45) is 0 Å². The number of ether oxygens (including phenoxy) is 6. The van der Waals surface area contributed by atoms with E-state index in [0.717, 1.165) is 5.56 Å². The van der Waals surface area contributed by atoms with Gasteiger partial charge in [-0.3, -0.25) is 0 Å². The maximum Gasteiger partial charge on any atom is 0.312 e. The molecule has 3 aromatic rings. The molecule has 0 atom stereocenters. The summed E-state index contributed by atoms with van der Waals surface area (Å²) in [5.41, 5.74) is 1.17. The zero-order valence-corrected chi connectivity index (χ0v) is 28.2. The van der Waals surface area contributed by atoms with Crippen molar-refractivity contribution < 1.29 is 41.9 Å². The van der Waals surface area contributed by atoms with Gasteiger partial charge in [-0.15, -0.1) is 0 Å². The van der Waals surface area contributed by atoms with Crippen LogP contribution in [0.4, 0.5) is 8.78 Å². The van der Waals surface area contributed by atoms with Gasteiger partial charge in [-0.2, -0.15) is 12.6 Å². The van der Waals surface area contributed by atoms with E-state index in [1.807, 2.05) is 58.0 Å². The van der Waals surface area contributed by atoms with Gasteiger partial charge in [-0.25, -0.2) is 13.8 Å². The summed E-state index contributed by atoms with van der Waals surface area (Å²) in [6.07, 6.45) is 1.44. The monoisotopic (exact) mass is 661 g/mol. The summed E-state index contributed by atoms with van der Waals surface area (Å²) in [5, 5.41) is 0. The lowest BCUT2D eigenvalue weighted by Gasteiger charge is -2.38. The van der Waals surface area contributed by atoms with Gasteiger partial charge in [0.2, 0.25) is 5.88 Å². The highest BCUT2D eigenvalue weighted by Crippen LogP contribution is 2.31. The Bertz CT molecular complexity index is 1280. The highest BCUT2D eigenvalue weighted by Gasteiger charge is 2.35. The molecule has 0 N–H and O–H groups in total. The molecule has 2 aromatic carbocycles. The highest BCUT2D eigenvalue weighted by atomic mass is 32.1. The number of rotatable bonds is 23. The van der Waals surface area contributed by atoms with E-state index in [2.05, 4.69) is 17.6 Å². The van der Waals surface area contributed by atoms with E-state index in [9.17, 15) is 8.78 Å². The van der Waals surface area contributed by atoms with Crippen LogP contribution in [0.2, 0.25) is 0 Å². The summed E-state index contributed by atoms with van der Waals surface area (Å²) in [6, 6.07) is 16.3. The smallest absolute Gasteiger partial charge is 0.312 e. The average molecular weight is 662 g/mol. The Morgan fingerprint density at radius 3 is 1.78 bits per heavy atom. The van der Waals surface area contributed by atoms with Gasteiger partial charge in [0.1, 0.15) is 6.61 Å². The number of hydrogen-bond acceptors (Lipinski definition) is 9.